The van der Waals surface area contributed by atoms with Crippen molar-refractivity contribution >= 4 is 23.1 Å². The summed E-state index contributed by atoms with van der Waals surface area (Å²) in [5.41, 5.74) is 7.35. The molecule has 1 aromatic carbocycles. The van der Waals surface area contributed by atoms with Crippen LogP contribution in [0.25, 0.3) is 0 Å². The Bertz CT molecular complexity index is 470. The van der Waals surface area contributed by atoms with Crippen LogP contribution in [0.3, 0.4) is 0 Å². The Morgan fingerprint density at radius 2 is 2.00 bits per heavy atom. The number of nitrogen functional groups attached to an aromatic ring is 1. The average molecular weight is 235 g/mol. The fraction of sp³-hybridized carbons (Fsp3) is 0.0909. The van der Waals surface area contributed by atoms with Crippen LogP contribution in [0.4, 0.5) is 11.5 Å². The number of rotatable bonds is 3. The van der Waals surface area contributed by atoms with Gasteiger partial charge in [-0.2, -0.15) is 0 Å². The first-order valence-electron chi connectivity index (χ1n) is 4.79. The minimum atomic E-state index is 0.538. The minimum Gasteiger partial charge on any atom is -0.394 e. The van der Waals surface area contributed by atoms with E-state index in [1.54, 1.807) is 6.20 Å². The second-order valence-electron chi connectivity index (χ2n) is 3.31. The zero-order valence-electron chi connectivity index (χ0n) is 8.52. The molecule has 2 rings (SSSR count). The third-order valence-corrected chi connectivity index (χ3v) is 2.37. The number of hydrogen-bond donors (Lipinski definition) is 2. The molecule has 0 saturated heterocycles. The highest BCUT2D eigenvalue weighted by Crippen LogP contribution is 2.14. The monoisotopic (exact) mass is 234 g/mol. The smallest absolute Gasteiger partial charge is 0.152 e. The summed E-state index contributed by atoms with van der Waals surface area (Å²) in [6, 6.07) is 7.60. The summed E-state index contributed by atoms with van der Waals surface area (Å²) in [5, 5.41) is 3.86. The topological polar surface area (TPSA) is 63.8 Å². The van der Waals surface area contributed by atoms with Gasteiger partial charge in [-0.1, -0.05) is 23.7 Å². The Balaban J connectivity index is 2.02. The van der Waals surface area contributed by atoms with E-state index in [0.29, 0.717) is 18.1 Å². The molecule has 0 radical (unpaired) electrons. The molecule has 0 amide bonds. The van der Waals surface area contributed by atoms with Gasteiger partial charge in [-0.25, -0.2) is 9.97 Å². The van der Waals surface area contributed by atoms with Crippen molar-refractivity contribution < 1.29 is 0 Å². The molecule has 0 aliphatic heterocycles. The van der Waals surface area contributed by atoms with Crippen LogP contribution in [0.15, 0.2) is 36.8 Å². The quantitative estimate of drug-likeness (QED) is 0.856. The Labute approximate surface area is 98.5 Å². The maximum atomic E-state index is 5.79. The van der Waals surface area contributed by atoms with E-state index in [-0.39, 0.29) is 0 Å². The van der Waals surface area contributed by atoms with Gasteiger partial charge in [0.15, 0.2) is 5.82 Å². The molecule has 0 fully saturated rings. The lowest BCUT2D eigenvalue weighted by atomic mass is 10.2. The Hall–Kier alpha value is -1.81. The van der Waals surface area contributed by atoms with Crippen molar-refractivity contribution in [3.8, 4) is 0 Å². The molecule has 0 unspecified atom stereocenters. The molecular formula is C11H11ClN4. The van der Waals surface area contributed by atoms with Gasteiger partial charge in [-0.05, 0) is 17.7 Å². The maximum Gasteiger partial charge on any atom is 0.152 e. The second-order valence-corrected chi connectivity index (χ2v) is 3.74. The summed E-state index contributed by atoms with van der Waals surface area (Å²) in [6.45, 7) is 0.651. The first-order valence-corrected chi connectivity index (χ1v) is 5.17. The highest BCUT2D eigenvalue weighted by molar-refractivity contribution is 6.30. The molecule has 3 N–H and O–H groups in total. The molecule has 0 bridgehead atoms. The van der Waals surface area contributed by atoms with Crippen LogP contribution in [0.2, 0.25) is 5.02 Å². The van der Waals surface area contributed by atoms with Crippen molar-refractivity contribution in [3.05, 3.63) is 47.4 Å². The molecule has 4 nitrogen and oxygen atoms in total. The number of nitrogens with zero attached hydrogens (tertiary/aromatic N) is 2. The summed E-state index contributed by atoms with van der Waals surface area (Å²) in [4.78, 5) is 7.86. The number of nitrogens with one attached hydrogen (secondary N) is 1. The van der Waals surface area contributed by atoms with Crippen LogP contribution in [0, 0.1) is 0 Å². The van der Waals surface area contributed by atoms with Crippen LogP contribution in [0.5, 0.6) is 0 Å². The first-order chi connectivity index (χ1) is 7.75. The highest BCUT2D eigenvalue weighted by Gasteiger charge is 1.99. The van der Waals surface area contributed by atoms with Gasteiger partial charge in [0.1, 0.15) is 6.33 Å². The van der Waals surface area contributed by atoms with Crippen molar-refractivity contribution in [1.29, 1.82) is 0 Å². The van der Waals surface area contributed by atoms with E-state index in [4.69, 9.17) is 17.3 Å². The SMILES string of the molecule is Nc1cncnc1NCc1ccc(Cl)cc1. The van der Waals surface area contributed by atoms with Gasteiger partial charge in [-0.3, -0.25) is 0 Å². The molecule has 16 heavy (non-hydrogen) atoms. The molecule has 1 heterocycles. The lowest BCUT2D eigenvalue weighted by Gasteiger charge is -2.07. The van der Waals surface area contributed by atoms with Crippen LogP contribution in [-0.4, -0.2) is 9.97 Å². The first kappa shape index (κ1) is 10.7. The molecule has 0 aliphatic carbocycles. The second kappa shape index (κ2) is 4.81. The van der Waals surface area contributed by atoms with Crippen molar-refractivity contribution in [2.24, 2.45) is 0 Å². The number of benzene rings is 1. The van der Waals surface area contributed by atoms with Crippen LogP contribution in [0.1, 0.15) is 5.56 Å². The van der Waals surface area contributed by atoms with Gasteiger partial charge in [0, 0.05) is 11.6 Å². The van der Waals surface area contributed by atoms with Crippen LogP contribution < -0.4 is 11.1 Å². The van der Waals surface area contributed by atoms with Gasteiger partial charge in [0.2, 0.25) is 0 Å². The van der Waals surface area contributed by atoms with Crippen molar-refractivity contribution in [1.82, 2.24) is 9.97 Å². The summed E-state index contributed by atoms with van der Waals surface area (Å²) >= 11 is 5.79. The standard InChI is InChI=1S/C11H11ClN4/c12-9-3-1-8(2-4-9)5-15-11-10(13)6-14-7-16-11/h1-4,6-7H,5,13H2,(H,14,15,16). The molecule has 2 aromatic rings. The highest BCUT2D eigenvalue weighted by atomic mass is 35.5. The normalized spacial score (nSPS) is 10.1. The maximum absolute atomic E-state index is 5.79. The number of halogens is 1. The van der Waals surface area contributed by atoms with Gasteiger partial charge < -0.3 is 11.1 Å². The van der Waals surface area contributed by atoms with Crippen molar-refractivity contribution in [2.45, 2.75) is 6.54 Å². The Morgan fingerprint density at radius 3 is 2.69 bits per heavy atom. The molecule has 82 valence electrons. The predicted octanol–water partition coefficient (Wildman–Crippen LogP) is 2.32. The van der Waals surface area contributed by atoms with E-state index in [2.05, 4.69) is 15.3 Å². The fourth-order valence-corrected chi connectivity index (χ4v) is 1.40. The zero-order valence-corrected chi connectivity index (χ0v) is 9.28. The summed E-state index contributed by atoms with van der Waals surface area (Å²) in [5.74, 6) is 0.643. The Morgan fingerprint density at radius 1 is 1.25 bits per heavy atom. The summed E-state index contributed by atoms with van der Waals surface area (Å²) in [6.07, 6.45) is 3.03. The lowest BCUT2D eigenvalue weighted by molar-refractivity contribution is 1.08. The van der Waals surface area contributed by atoms with Crippen LogP contribution >= 0.6 is 11.6 Å². The van der Waals surface area contributed by atoms with Gasteiger partial charge in [0.05, 0.1) is 11.9 Å². The van der Waals surface area contributed by atoms with E-state index >= 15 is 0 Å². The van der Waals surface area contributed by atoms with Crippen molar-refractivity contribution in [2.75, 3.05) is 11.1 Å². The zero-order chi connectivity index (χ0) is 11.4. The largest absolute Gasteiger partial charge is 0.394 e. The fourth-order valence-electron chi connectivity index (χ4n) is 1.28. The lowest BCUT2D eigenvalue weighted by Crippen LogP contribution is -2.04. The van der Waals surface area contributed by atoms with Crippen molar-refractivity contribution in [3.63, 3.8) is 0 Å². The van der Waals surface area contributed by atoms with Gasteiger partial charge in [-0.15, -0.1) is 0 Å². The molecule has 1 aromatic heterocycles. The molecule has 0 saturated carbocycles. The summed E-state index contributed by atoms with van der Waals surface area (Å²) in [7, 11) is 0. The number of nitrogens with two attached hydrogens (primary N) is 1. The molecule has 0 spiro atoms. The number of hydrogen-bond acceptors (Lipinski definition) is 4. The van der Waals surface area contributed by atoms with Gasteiger partial charge in [0.25, 0.3) is 0 Å². The van der Waals surface area contributed by atoms with E-state index in [9.17, 15) is 0 Å². The molecule has 5 heteroatoms. The van der Waals surface area contributed by atoms with E-state index in [1.807, 2.05) is 24.3 Å². The summed E-state index contributed by atoms with van der Waals surface area (Å²) < 4.78 is 0. The average Bonchev–Trinajstić information content (AvgIpc) is 2.30. The number of anilines is 2. The predicted molar refractivity (Wildman–Crippen MR) is 65.2 cm³/mol. The van der Waals surface area contributed by atoms with E-state index < -0.39 is 0 Å². The number of aromatic nitrogens is 2. The molecule has 0 atom stereocenters. The Kier molecular flexibility index (Phi) is 3.22. The van der Waals surface area contributed by atoms with E-state index in [1.165, 1.54) is 6.33 Å². The van der Waals surface area contributed by atoms with Crippen LogP contribution in [-0.2, 0) is 6.54 Å². The molecular weight excluding hydrogens is 224 g/mol. The third kappa shape index (κ3) is 2.61. The van der Waals surface area contributed by atoms with E-state index in [0.717, 1.165) is 10.6 Å². The minimum absolute atomic E-state index is 0.538. The van der Waals surface area contributed by atoms with Gasteiger partial charge >= 0.3 is 0 Å². The molecule has 0 aliphatic rings. The third-order valence-electron chi connectivity index (χ3n) is 2.11.